The van der Waals surface area contributed by atoms with Gasteiger partial charge in [0.15, 0.2) is 0 Å². The van der Waals surface area contributed by atoms with E-state index in [1.807, 2.05) is 7.05 Å². The van der Waals surface area contributed by atoms with Crippen LogP contribution in [0.25, 0.3) is 0 Å². The molecule has 0 aromatic heterocycles. The highest BCUT2D eigenvalue weighted by Crippen LogP contribution is 2.09. The van der Waals surface area contributed by atoms with E-state index in [0.717, 1.165) is 6.54 Å². The normalized spacial score (nSPS) is 12.1. The zero-order valence-corrected chi connectivity index (χ0v) is 9.53. The van der Waals surface area contributed by atoms with Gasteiger partial charge >= 0.3 is 0 Å². The first kappa shape index (κ1) is 12.7. The van der Waals surface area contributed by atoms with E-state index in [9.17, 15) is 0 Å². The fourth-order valence-corrected chi connectivity index (χ4v) is 1.40. The van der Waals surface area contributed by atoms with Crippen LogP contribution in [0.2, 0.25) is 0 Å². The summed E-state index contributed by atoms with van der Waals surface area (Å²) in [7, 11) is 2.00. The Labute approximate surface area is 83.6 Å². The van der Waals surface area contributed by atoms with Crippen LogP contribution in [0.5, 0.6) is 0 Å². The number of rotatable bonds is 8. The highest BCUT2D eigenvalue weighted by molar-refractivity contribution is 4.97. The van der Waals surface area contributed by atoms with Crippen LogP contribution in [0.1, 0.15) is 52.4 Å². The molecule has 0 saturated carbocycles. The van der Waals surface area contributed by atoms with Gasteiger partial charge in [-0.1, -0.05) is 37.8 Å². The third-order valence-corrected chi connectivity index (χ3v) is 2.31. The van der Waals surface area contributed by atoms with Gasteiger partial charge in [0.1, 0.15) is 0 Å². The fourth-order valence-electron chi connectivity index (χ4n) is 1.40. The van der Waals surface area contributed by atoms with Crippen molar-refractivity contribution >= 4 is 0 Å². The molecule has 0 aromatic carbocycles. The average Bonchev–Trinajstić information content (AvgIpc) is 2.13. The Bertz CT molecular complexity index is 127. The van der Waals surface area contributed by atoms with Gasteiger partial charge in [0.25, 0.3) is 0 Å². The molecule has 0 amide bonds. The molecule has 13 heavy (non-hydrogen) atoms. The minimum Gasteiger partial charge on any atom is -0.319 e. The molecule has 1 nitrogen and oxygen atoms in total. The molecule has 0 aliphatic carbocycles. The SMILES string of the molecule is CCCCCC/C(C)=C/CCNC. The summed E-state index contributed by atoms with van der Waals surface area (Å²) in [6.45, 7) is 5.61. The lowest BCUT2D eigenvalue weighted by atomic mass is 10.1. The molecule has 1 N–H and O–H groups in total. The molecule has 0 aliphatic heterocycles. The van der Waals surface area contributed by atoms with Crippen molar-refractivity contribution in [2.45, 2.75) is 52.4 Å². The topological polar surface area (TPSA) is 12.0 Å². The highest BCUT2D eigenvalue weighted by Gasteiger charge is 1.90. The molecular weight excluding hydrogens is 158 g/mol. The van der Waals surface area contributed by atoms with Gasteiger partial charge in [-0.2, -0.15) is 0 Å². The largest absolute Gasteiger partial charge is 0.319 e. The third-order valence-electron chi connectivity index (χ3n) is 2.31. The molecule has 0 radical (unpaired) electrons. The van der Waals surface area contributed by atoms with Gasteiger partial charge in [-0.3, -0.25) is 0 Å². The van der Waals surface area contributed by atoms with E-state index < -0.39 is 0 Å². The highest BCUT2D eigenvalue weighted by atomic mass is 14.8. The van der Waals surface area contributed by atoms with Crippen molar-refractivity contribution in [3.05, 3.63) is 11.6 Å². The third kappa shape index (κ3) is 9.62. The fraction of sp³-hybridized carbons (Fsp3) is 0.833. The van der Waals surface area contributed by atoms with Crippen LogP contribution in [-0.2, 0) is 0 Å². The summed E-state index contributed by atoms with van der Waals surface area (Å²) in [4.78, 5) is 0. The van der Waals surface area contributed by atoms with Crippen molar-refractivity contribution in [2.24, 2.45) is 0 Å². The van der Waals surface area contributed by atoms with Gasteiger partial charge in [-0.05, 0) is 39.8 Å². The van der Waals surface area contributed by atoms with Gasteiger partial charge in [0.05, 0.1) is 0 Å². The zero-order chi connectivity index (χ0) is 9.94. The lowest BCUT2D eigenvalue weighted by molar-refractivity contribution is 0.662. The van der Waals surface area contributed by atoms with Crippen LogP contribution in [0.15, 0.2) is 11.6 Å². The number of hydrogen-bond acceptors (Lipinski definition) is 1. The summed E-state index contributed by atoms with van der Waals surface area (Å²) >= 11 is 0. The molecule has 0 heterocycles. The smallest absolute Gasteiger partial charge is 0.00172 e. The zero-order valence-electron chi connectivity index (χ0n) is 9.53. The van der Waals surface area contributed by atoms with E-state index in [0.29, 0.717) is 0 Å². The van der Waals surface area contributed by atoms with Crippen molar-refractivity contribution in [1.82, 2.24) is 5.32 Å². The summed E-state index contributed by atoms with van der Waals surface area (Å²) in [5.41, 5.74) is 1.56. The molecule has 0 bridgehead atoms. The maximum atomic E-state index is 3.15. The summed E-state index contributed by atoms with van der Waals surface area (Å²) in [6, 6.07) is 0. The number of unbranched alkanes of at least 4 members (excludes halogenated alkanes) is 3. The molecule has 1 heteroatoms. The number of allylic oxidation sites excluding steroid dienone is 1. The second-order valence-electron chi connectivity index (χ2n) is 3.75. The summed E-state index contributed by atoms with van der Waals surface area (Å²) in [5.74, 6) is 0. The van der Waals surface area contributed by atoms with Gasteiger partial charge in [0.2, 0.25) is 0 Å². The second kappa shape index (κ2) is 9.79. The Hall–Kier alpha value is -0.300. The first-order valence-corrected chi connectivity index (χ1v) is 5.61. The quantitative estimate of drug-likeness (QED) is 0.448. The van der Waals surface area contributed by atoms with Gasteiger partial charge in [0, 0.05) is 0 Å². The van der Waals surface area contributed by atoms with E-state index in [1.165, 1.54) is 38.5 Å². The van der Waals surface area contributed by atoms with E-state index >= 15 is 0 Å². The predicted molar refractivity (Wildman–Crippen MR) is 61.1 cm³/mol. The summed E-state index contributed by atoms with van der Waals surface area (Å²) in [5, 5.41) is 3.15. The molecule has 0 spiro atoms. The maximum Gasteiger partial charge on any atom is -0.00172 e. The standard InChI is InChI=1S/C12H25N/c1-4-5-6-7-9-12(2)10-8-11-13-3/h10,13H,4-9,11H2,1-3H3/b12-10+. The van der Waals surface area contributed by atoms with Crippen LogP contribution < -0.4 is 5.32 Å². The van der Waals surface area contributed by atoms with Gasteiger partial charge in [-0.15, -0.1) is 0 Å². The van der Waals surface area contributed by atoms with Crippen LogP contribution in [-0.4, -0.2) is 13.6 Å². The lowest BCUT2D eigenvalue weighted by Crippen LogP contribution is -2.06. The number of hydrogen-bond donors (Lipinski definition) is 1. The first-order valence-electron chi connectivity index (χ1n) is 5.61. The van der Waals surface area contributed by atoms with Crippen LogP contribution in [0.3, 0.4) is 0 Å². The van der Waals surface area contributed by atoms with Crippen molar-refractivity contribution in [3.63, 3.8) is 0 Å². The minimum absolute atomic E-state index is 1.10. The van der Waals surface area contributed by atoms with E-state index in [2.05, 4.69) is 25.2 Å². The molecule has 0 aliphatic rings. The Balaban J connectivity index is 3.27. The maximum absolute atomic E-state index is 3.15. The minimum atomic E-state index is 1.10. The van der Waals surface area contributed by atoms with Gasteiger partial charge < -0.3 is 5.32 Å². The molecule has 0 saturated heterocycles. The van der Waals surface area contributed by atoms with Gasteiger partial charge in [-0.25, -0.2) is 0 Å². The first-order chi connectivity index (χ1) is 6.31. The molecule has 0 rings (SSSR count). The number of nitrogens with one attached hydrogen (secondary N) is 1. The molecule has 0 aromatic rings. The molecular formula is C12H25N. The van der Waals surface area contributed by atoms with E-state index in [-0.39, 0.29) is 0 Å². The van der Waals surface area contributed by atoms with Crippen LogP contribution in [0.4, 0.5) is 0 Å². The molecule has 78 valence electrons. The van der Waals surface area contributed by atoms with Crippen molar-refractivity contribution in [3.8, 4) is 0 Å². The van der Waals surface area contributed by atoms with E-state index in [1.54, 1.807) is 5.57 Å². The Morgan fingerprint density at radius 3 is 2.62 bits per heavy atom. The van der Waals surface area contributed by atoms with Crippen molar-refractivity contribution < 1.29 is 0 Å². The van der Waals surface area contributed by atoms with Crippen molar-refractivity contribution in [2.75, 3.05) is 13.6 Å². The van der Waals surface area contributed by atoms with E-state index in [4.69, 9.17) is 0 Å². The predicted octanol–water partition coefficient (Wildman–Crippen LogP) is 3.51. The lowest BCUT2D eigenvalue weighted by Gasteiger charge is -2.01. The van der Waals surface area contributed by atoms with Crippen molar-refractivity contribution in [1.29, 1.82) is 0 Å². The Morgan fingerprint density at radius 1 is 1.23 bits per heavy atom. The monoisotopic (exact) mass is 183 g/mol. The molecule has 0 fully saturated rings. The Kier molecular flexibility index (Phi) is 9.56. The summed E-state index contributed by atoms with van der Waals surface area (Å²) in [6.07, 6.45) is 10.3. The molecule has 0 atom stereocenters. The molecule has 0 unspecified atom stereocenters. The Morgan fingerprint density at radius 2 is 2.00 bits per heavy atom. The summed E-state index contributed by atoms with van der Waals surface area (Å²) < 4.78 is 0. The van der Waals surface area contributed by atoms with Crippen LogP contribution >= 0.6 is 0 Å². The second-order valence-corrected chi connectivity index (χ2v) is 3.75. The van der Waals surface area contributed by atoms with Crippen LogP contribution in [0, 0.1) is 0 Å². The average molecular weight is 183 g/mol.